The van der Waals surface area contributed by atoms with Crippen LogP contribution in [0, 0.1) is 0 Å². The average molecular weight is 269 g/mol. The van der Waals surface area contributed by atoms with Crippen LogP contribution in [0.3, 0.4) is 0 Å². The zero-order valence-electron chi connectivity index (χ0n) is 11.3. The van der Waals surface area contributed by atoms with Gasteiger partial charge in [-0.05, 0) is 37.0 Å². The molecule has 1 aromatic rings. The molecule has 0 spiro atoms. The zero-order valence-corrected chi connectivity index (χ0v) is 12.1. The van der Waals surface area contributed by atoms with E-state index < -0.39 is 0 Å². The highest BCUT2D eigenvalue weighted by atomic mass is 35.5. The van der Waals surface area contributed by atoms with Crippen LogP contribution in [0.25, 0.3) is 0 Å². The minimum Gasteiger partial charge on any atom is -0.372 e. The van der Waals surface area contributed by atoms with Gasteiger partial charge < -0.3 is 10.6 Å². The highest BCUT2D eigenvalue weighted by molar-refractivity contribution is 5.85. The lowest BCUT2D eigenvalue weighted by atomic mass is 10.0. The molecular weight excluding hydrogens is 244 g/mol. The summed E-state index contributed by atoms with van der Waals surface area (Å²) in [5.41, 5.74) is 8.81. The Labute approximate surface area is 117 Å². The molecule has 2 rings (SSSR count). The summed E-state index contributed by atoms with van der Waals surface area (Å²) in [6, 6.07) is 9.07. The number of hydrogen-bond donors (Lipinski definition) is 1. The summed E-state index contributed by atoms with van der Waals surface area (Å²) in [6.45, 7) is 4.63. The quantitative estimate of drug-likeness (QED) is 0.878. The SMILES string of the molecule is CCCC[C@@H](N)c1ccc(N2CCCC2)cc1.Cl. The lowest BCUT2D eigenvalue weighted by molar-refractivity contribution is 0.603. The normalized spacial score (nSPS) is 16.4. The van der Waals surface area contributed by atoms with Crippen molar-refractivity contribution >= 4 is 18.1 Å². The van der Waals surface area contributed by atoms with Gasteiger partial charge in [0, 0.05) is 24.8 Å². The van der Waals surface area contributed by atoms with Crippen LogP contribution in [0.4, 0.5) is 5.69 Å². The molecule has 1 aliphatic rings. The highest BCUT2D eigenvalue weighted by Crippen LogP contribution is 2.23. The molecule has 0 aliphatic carbocycles. The number of nitrogens with zero attached hydrogens (tertiary/aromatic N) is 1. The molecule has 0 bridgehead atoms. The van der Waals surface area contributed by atoms with Gasteiger partial charge >= 0.3 is 0 Å². The van der Waals surface area contributed by atoms with Gasteiger partial charge in [-0.2, -0.15) is 0 Å². The van der Waals surface area contributed by atoms with E-state index in [-0.39, 0.29) is 18.4 Å². The fourth-order valence-corrected chi connectivity index (χ4v) is 2.50. The lowest BCUT2D eigenvalue weighted by Gasteiger charge is -2.19. The molecule has 1 fully saturated rings. The van der Waals surface area contributed by atoms with E-state index in [2.05, 4.69) is 36.1 Å². The predicted molar refractivity (Wildman–Crippen MR) is 81.6 cm³/mol. The Morgan fingerprint density at radius 2 is 1.78 bits per heavy atom. The highest BCUT2D eigenvalue weighted by Gasteiger charge is 2.12. The van der Waals surface area contributed by atoms with Crippen LogP contribution in [0.15, 0.2) is 24.3 Å². The molecule has 0 radical (unpaired) electrons. The van der Waals surface area contributed by atoms with Gasteiger partial charge in [0.1, 0.15) is 0 Å². The second-order valence-corrected chi connectivity index (χ2v) is 5.03. The Kier molecular flexibility index (Phi) is 6.51. The number of hydrogen-bond acceptors (Lipinski definition) is 2. The molecule has 2 nitrogen and oxygen atoms in total. The minimum atomic E-state index is 0. The van der Waals surface area contributed by atoms with E-state index in [1.54, 1.807) is 0 Å². The summed E-state index contributed by atoms with van der Waals surface area (Å²) in [5, 5.41) is 0. The Hall–Kier alpha value is -0.730. The molecule has 0 amide bonds. The summed E-state index contributed by atoms with van der Waals surface area (Å²) < 4.78 is 0. The van der Waals surface area contributed by atoms with Gasteiger partial charge in [-0.15, -0.1) is 12.4 Å². The number of nitrogens with two attached hydrogens (primary N) is 1. The summed E-state index contributed by atoms with van der Waals surface area (Å²) in [6.07, 6.45) is 6.20. The van der Waals surface area contributed by atoms with E-state index in [1.165, 1.54) is 50.0 Å². The number of halogens is 1. The molecule has 1 atom stereocenters. The third-order valence-electron chi connectivity index (χ3n) is 3.66. The fourth-order valence-electron chi connectivity index (χ4n) is 2.50. The van der Waals surface area contributed by atoms with Crippen molar-refractivity contribution < 1.29 is 0 Å². The van der Waals surface area contributed by atoms with Gasteiger partial charge in [0.2, 0.25) is 0 Å². The van der Waals surface area contributed by atoms with Crippen molar-refractivity contribution in [3.8, 4) is 0 Å². The van der Waals surface area contributed by atoms with Crippen LogP contribution in [0.1, 0.15) is 50.6 Å². The minimum absolute atomic E-state index is 0. The maximum absolute atomic E-state index is 6.17. The largest absolute Gasteiger partial charge is 0.372 e. The summed E-state index contributed by atoms with van der Waals surface area (Å²) in [5.74, 6) is 0. The Morgan fingerprint density at radius 3 is 2.33 bits per heavy atom. The first-order valence-electron chi connectivity index (χ1n) is 6.91. The zero-order chi connectivity index (χ0) is 12.1. The van der Waals surface area contributed by atoms with Crippen LogP contribution >= 0.6 is 12.4 Å². The van der Waals surface area contributed by atoms with Gasteiger partial charge in [-0.3, -0.25) is 0 Å². The standard InChI is InChI=1S/C15H24N2.ClH/c1-2-3-6-15(16)13-7-9-14(10-8-13)17-11-4-5-12-17;/h7-10,15H,2-6,11-12,16H2,1H3;1H/t15-;/m1./s1. The molecule has 1 heterocycles. The van der Waals surface area contributed by atoms with Crippen LogP contribution < -0.4 is 10.6 Å². The molecule has 0 saturated carbocycles. The molecular formula is C15H25ClN2. The smallest absolute Gasteiger partial charge is 0.0366 e. The van der Waals surface area contributed by atoms with Crippen molar-refractivity contribution in [3.05, 3.63) is 29.8 Å². The summed E-state index contributed by atoms with van der Waals surface area (Å²) in [4.78, 5) is 2.46. The first-order chi connectivity index (χ1) is 8.31. The second kappa shape index (κ2) is 7.65. The molecule has 102 valence electrons. The first kappa shape index (κ1) is 15.3. The van der Waals surface area contributed by atoms with E-state index in [4.69, 9.17) is 5.73 Å². The van der Waals surface area contributed by atoms with Crippen molar-refractivity contribution in [2.24, 2.45) is 5.73 Å². The van der Waals surface area contributed by atoms with Crippen molar-refractivity contribution in [1.82, 2.24) is 0 Å². The molecule has 0 aromatic heterocycles. The third kappa shape index (κ3) is 3.89. The Balaban J connectivity index is 0.00000162. The van der Waals surface area contributed by atoms with Crippen LogP contribution in [-0.4, -0.2) is 13.1 Å². The van der Waals surface area contributed by atoms with Crippen molar-refractivity contribution in [2.75, 3.05) is 18.0 Å². The summed E-state index contributed by atoms with van der Waals surface area (Å²) >= 11 is 0. The van der Waals surface area contributed by atoms with E-state index in [9.17, 15) is 0 Å². The second-order valence-electron chi connectivity index (χ2n) is 5.03. The molecule has 0 unspecified atom stereocenters. The Bertz CT molecular complexity index is 331. The summed E-state index contributed by atoms with van der Waals surface area (Å²) in [7, 11) is 0. The molecule has 1 aromatic carbocycles. The number of benzene rings is 1. The predicted octanol–water partition coefficient (Wildman–Crippen LogP) is 3.90. The van der Waals surface area contributed by atoms with Crippen LogP contribution in [0.5, 0.6) is 0 Å². The van der Waals surface area contributed by atoms with Crippen molar-refractivity contribution in [2.45, 2.75) is 45.1 Å². The van der Waals surface area contributed by atoms with E-state index in [0.717, 1.165) is 6.42 Å². The molecule has 3 heteroatoms. The first-order valence-corrected chi connectivity index (χ1v) is 6.91. The van der Waals surface area contributed by atoms with E-state index in [1.807, 2.05) is 0 Å². The van der Waals surface area contributed by atoms with Crippen LogP contribution in [-0.2, 0) is 0 Å². The van der Waals surface area contributed by atoms with Gasteiger partial charge in [-0.25, -0.2) is 0 Å². The number of rotatable bonds is 5. The number of anilines is 1. The lowest BCUT2D eigenvalue weighted by Crippen LogP contribution is -2.17. The monoisotopic (exact) mass is 268 g/mol. The maximum atomic E-state index is 6.17. The molecule has 2 N–H and O–H groups in total. The van der Waals surface area contributed by atoms with Crippen molar-refractivity contribution in [3.63, 3.8) is 0 Å². The molecule has 1 aliphatic heterocycles. The average Bonchev–Trinajstić information content (AvgIpc) is 2.90. The van der Waals surface area contributed by atoms with E-state index >= 15 is 0 Å². The third-order valence-corrected chi connectivity index (χ3v) is 3.66. The van der Waals surface area contributed by atoms with Crippen LogP contribution in [0.2, 0.25) is 0 Å². The van der Waals surface area contributed by atoms with E-state index in [0.29, 0.717) is 0 Å². The maximum Gasteiger partial charge on any atom is 0.0366 e. The van der Waals surface area contributed by atoms with Gasteiger partial charge in [0.15, 0.2) is 0 Å². The van der Waals surface area contributed by atoms with Crippen molar-refractivity contribution in [1.29, 1.82) is 0 Å². The van der Waals surface area contributed by atoms with Gasteiger partial charge in [0.05, 0.1) is 0 Å². The molecule has 18 heavy (non-hydrogen) atoms. The fraction of sp³-hybridized carbons (Fsp3) is 0.600. The van der Waals surface area contributed by atoms with Gasteiger partial charge in [0.25, 0.3) is 0 Å². The topological polar surface area (TPSA) is 29.3 Å². The Morgan fingerprint density at radius 1 is 1.17 bits per heavy atom. The number of unbranched alkanes of at least 4 members (excludes halogenated alkanes) is 1. The molecule has 1 saturated heterocycles. The van der Waals surface area contributed by atoms with Gasteiger partial charge in [-0.1, -0.05) is 31.9 Å².